The number of amides is 1. The van der Waals surface area contributed by atoms with Crippen molar-refractivity contribution in [2.24, 2.45) is 5.11 Å². The predicted octanol–water partition coefficient (Wildman–Crippen LogP) is 3.79. The fourth-order valence-corrected chi connectivity index (χ4v) is 1.57. The van der Waals surface area contributed by atoms with E-state index >= 15 is 0 Å². The third kappa shape index (κ3) is 4.68. The number of carbonyl (C=O) groups is 2. The first-order valence-corrected chi connectivity index (χ1v) is 6.43. The SMILES string of the molecule is COC(=O)c1cc(N=[N+]=[N-])cc(N(C)C(=O)OC(C)(C)C)c1. The summed E-state index contributed by atoms with van der Waals surface area (Å²) in [5, 5.41) is 3.45. The number of benzene rings is 1. The summed E-state index contributed by atoms with van der Waals surface area (Å²) in [7, 11) is 2.73. The average Bonchev–Trinajstić information content (AvgIpc) is 2.43. The molecule has 1 amide bonds. The van der Waals surface area contributed by atoms with Crippen molar-refractivity contribution < 1.29 is 19.1 Å². The van der Waals surface area contributed by atoms with Gasteiger partial charge in [-0.3, -0.25) is 4.90 Å². The van der Waals surface area contributed by atoms with E-state index in [2.05, 4.69) is 14.8 Å². The molecule has 0 unspecified atom stereocenters. The van der Waals surface area contributed by atoms with Crippen LogP contribution in [-0.2, 0) is 9.47 Å². The topological polar surface area (TPSA) is 105 Å². The third-order valence-electron chi connectivity index (χ3n) is 2.54. The molecule has 0 bridgehead atoms. The Hall–Kier alpha value is -2.73. The zero-order valence-electron chi connectivity index (χ0n) is 13.2. The van der Waals surface area contributed by atoms with Crippen LogP contribution >= 0.6 is 0 Å². The van der Waals surface area contributed by atoms with Crippen molar-refractivity contribution in [3.63, 3.8) is 0 Å². The van der Waals surface area contributed by atoms with E-state index in [9.17, 15) is 9.59 Å². The summed E-state index contributed by atoms with van der Waals surface area (Å²) in [5.41, 5.74) is 8.58. The molecule has 0 fully saturated rings. The minimum absolute atomic E-state index is 0.165. The maximum atomic E-state index is 12.1. The summed E-state index contributed by atoms with van der Waals surface area (Å²) < 4.78 is 9.88. The molecule has 0 N–H and O–H groups in total. The van der Waals surface area contributed by atoms with Crippen LogP contribution < -0.4 is 4.90 Å². The summed E-state index contributed by atoms with van der Waals surface area (Å²) in [6, 6.07) is 4.29. The summed E-state index contributed by atoms with van der Waals surface area (Å²) in [6.45, 7) is 5.24. The van der Waals surface area contributed by atoms with Crippen molar-refractivity contribution >= 4 is 23.4 Å². The van der Waals surface area contributed by atoms with E-state index in [0.29, 0.717) is 5.69 Å². The molecule has 1 rings (SSSR count). The first-order chi connectivity index (χ1) is 10.2. The molecule has 0 atom stereocenters. The first-order valence-electron chi connectivity index (χ1n) is 6.43. The van der Waals surface area contributed by atoms with Crippen molar-refractivity contribution in [3.05, 3.63) is 34.2 Å². The van der Waals surface area contributed by atoms with Crippen molar-refractivity contribution in [1.82, 2.24) is 0 Å². The Bertz CT molecular complexity index is 630. The molecule has 118 valence electrons. The predicted molar refractivity (Wildman–Crippen MR) is 81.2 cm³/mol. The van der Waals surface area contributed by atoms with Gasteiger partial charge in [-0.05, 0) is 44.5 Å². The van der Waals surface area contributed by atoms with E-state index in [0.717, 1.165) is 0 Å². The molecular weight excluding hydrogens is 288 g/mol. The lowest BCUT2D eigenvalue weighted by molar-refractivity contribution is 0.0580. The van der Waals surface area contributed by atoms with Gasteiger partial charge in [0.25, 0.3) is 0 Å². The summed E-state index contributed by atoms with van der Waals surface area (Å²) in [4.78, 5) is 27.6. The van der Waals surface area contributed by atoms with Gasteiger partial charge in [0.1, 0.15) is 5.60 Å². The standard InChI is InChI=1S/C14H18N4O4/c1-14(2,3)22-13(20)18(4)11-7-9(12(19)21-5)6-10(8-11)16-17-15/h6-8H,1-5H3. The van der Waals surface area contributed by atoms with Crippen LogP contribution in [0.4, 0.5) is 16.2 Å². The number of azide groups is 1. The van der Waals surface area contributed by atoms with E-state index in [-0.39, 0.29) is 11.3 Å². The van der Waals surface area contributed by atoms with Crippen LogP contribution in [0.5, 0.6) is 0 Å². The highest BCUT2D eigenvalue weighted by molar-refractivity contribution is 5.94. The fourth-order valence-electron chi connectivity index (χ4n) is 1.57. The van der Waals surface area contributed by atoms with E-state index in [1.165, 1.54) is 37.3 Å². The van der Waals surface area contributed by atoms with Crippen LogP contribution in [-0.4, -0.2) is 31.8 Å². The lowest BCUT2D eigenvalue weighted by Crippen LogP contribution is -2.34. The molecule has 0 saturated carbocycles. The smallest absolute Gasteiger partial charge is 0.414 e. The van der Waals surface area contributed by atoms with Gasteiger partial charge in [0, 0.05) is 23.3 Å². The van der Waals surface area contributed by atoms with Crippen LogP contribution in [0.15, 0.2) is 23.3 Å². The molecule has 0 aliphatic rings. The highest BCUT2D eigenvalue weighted by Crippen LogP contribution is 2.26. The van der Waals surface area contributed by atoms with Crippen molar-refractivity contribution in [3.8, 4) is 0 Å². The van der Waals surface area contributed by atoms with Crippen LogP contribution in [0.25, 0.3) is 10.4 Å². The van der Waals surface area contributed by atoms with Crippen LogP contribution in [0.3, 0.4) is 0 Å². The number of ether oxygens (including phenoxy) is 2. The van der Waals surface area contributed by atoms with Gasteiger partial charge < -0.3 is 9.47 Å². The molecule has 0 aromatic heterocycles. The van der Waals surface area contributed by atoms with Crippen LogP contribution in [0.2, 0.25) is 0 Å². The number of rotatable bonds is 3. The number of esters is 1. The second kappa shape index (κ2) is 6.82. The Morgan fingerprint density at radius 2 is 1.91 bits per heavy atom. The Morgan fingerprint density at radius 1 is 1.27 bits per heavy atom. The Kier molecular flexibility index (Phi) is 5.37. The normalized spacial score (nSPS) is 10.4. The molecule has 8 heteroatoms. The number of anilines is 1. The van der Waals surface area contributed by atoms with Gasteiger partial charge in [0.05, 0.1) is 12.7 Å². The van der Waals surface area contributed by atoms with E-state index in [1.54, 1.807) is 20.8 Å². The molecule has 0 radical (unpaired) electrons. The third-order valence-corrected chi connectivity index (χ3v) is 2.54. The molecule has 8 nitrogen and oxygen atoms in total. The molecule has 0 aliphatic carbocycles. The van der Waals surface area contributed by atoms with Gasteiger partial charge in [0.15, 0.2) is 0 Å². The van der Waals surface area contributed by atoms with Crippen LogP contribution in [0, 0.1) is 0 Å². The lowest BCUT2D eigenvalue weighted by Gasteiger charge is -2.25. The number of methoxy groups -OCH3 is 1. The zero-order valence-corrected chi connectivity index (χ0v) is 13.2. The van der Waals surface area contributed by atoms with Gasteiger partial charge in [0.2, 0.25) is 0 Å². The summed E-state index contributed by atoms with van der Waals surface area (Å²) in [6.07, 6.45) is -0.596. The molecule has 22 heavy (non-hydrogen) atoms. The number of hydrogen-bond donors (Lipinski definition) is 0. The molecule has 0 heterocycles. The molecule has 1 aromatic carbocycles. The van der Waals surface area contributed by atoms with Crippen molar-refractivity contribution in [2.45, 2.75) is 26.4 Å². The van der Waals surface area contributed by atoms with Crippen LogP contribution in [0.1, 0.15) is 31.1 Å². The second-order valence-electron chi connectivity index (χ2n) is 5.46. The quantitative estimate of drug-likeness (QED) is 0.366. The van der Waals surface area contributed by atoms with E-state index in [4.69, 9.17) is 10.3 Å². The molecule has 0 aliphatic heterocycles. The van der Waals surface area contributed by atoms with Crippen molar-refractivity contribution in [1.29, 1.82) is 0 Å². The second-order valence-corrected chi connectivity index (χ2v) is 5.46. The average molecular weight is 306 g/mol. The number of carbonyl (C=O) groups excluding carboxylic acids is 2. The summed E-state index contributed by atoms with van der Waals surface area (Å²) in [5.74, 6) is -0.603. The maximum Gasteiger partial charge on any atom is 0.414 e. The molecule has 0 saturated heterocycles. The Balaban J connectivity index is 3.22. The monoisotopic (exact) mass is 306 g/mol. The minimum atomic E-state index is -0.654. The highest BCUT2D eigenvalue weighted by atomic mass is 16.6. The summed E-state index contributed by atoms with van der Waals surface area (Å²) >= 11 is 0. The minimum Gasteiger partial charge on any atom is -0.465 e. The fraction of sp³-hybridized carbons (Fsp3) is 0.429. The highest BCUT2D eigenvalue weighted by Gasteiger charge is 2.21. The first kappa shape index (κ1) is 17.3. The van der Waals surface area contributed by atoms with Gasteiger partial charge in [-0.1, -0.05) is 5.11 Å². The zero-order chi connectivity index (χ0) is 16.9. The molecule has 0 spiro atoms. The van der Waals surface area contributed by atoms with E-state index < -0.39 is 17.7 Å². The number of hydrogen-bond acceptors (Lipinski definition) is 5. The molecule has 1 aromatic rings. The maximum absolute atomic E-state index is 12.1. The Labute approximate surface area is 128 Å². The Morgan fingerprint density at radius 3 is 2.41 bits per heavy atom. The largest absolute Gasteiger partial charge is 0.465 e. The van der Waals surface area contributed by atoms with E-state index in [1.807, 2.05) is 0 Å². The van der Waals surface area contributed by atoms with Gasteiger partial charge in [-0.2, -0.15) is 0 Å². The van der Waals surface area contributed by atoms with Crippen molar-refractivity contribution in [2.75, 3.05) is 19.1 Å². The van der Waals surface area contributed by atoms with Gasteiger partial charge in [-0.15, -0.1) is 0 Å². The van der Waals surface area contributed by atoms with Gasteiger partial charge >= 0.3 is 12.1 Å². The lowest BCUT2D eigenvalue weighted by atomic mass is 10.1. The number of nitrogens with zero attached hydrogens (tertiary/aromatic N) is 4. The molecular formula is C14H18N4O4. The van der Waals surface area contributed by atoms with Gasteiger partial charge in [-0.25, -0.2) is 9.59 Å².